The average molecular weight is 329 g/mol. The van der Waals surface area contributed by atoms with Crippen LogP contribution in [0.15, 0.2) is 40.9 Å². The van der Waals surface area contributed by atoms with Crippen molar-refractivity contribution in [2.24, 2.45) is 0 Å². The number of hydrogen-bond acceptors (Lipinski definition) is 1. The van der Waals surface area contributed by atoms with E-state index in [0.29, 0.717) is 17.1 Å². The summed E-state index contributed by atoms with van der Waals surface area (Å²) in [6.07, 6.45) is 0. The molecule has 0 amide bonds. The molecule has 94 valence electrons. The molecule has 0 spiro atoms. The molecule has 0 fully saturated rings. The first-order valence-corrected chi connectivity index (χ1v) is 6.67. The van der Waals surface area contributed by atoms with Crippen molar-refractivity contribution in [2.75, 3.05) is 7.05 Å². The Morgan fingerprint density at radius 1 is 1.17 bits per heavy atom. The minimum atomic E-state index is -0.238. The van der Waals surface area contributed by atoms with Gasteiger partial charge in [0.2, 0.25) is 0 Å². The standard InChI is InChI=1S/C14H12BrClFN/c1-18-8-9-6-11(16)3-4-12(9)13-7-10(15)2-5-14(13)17/h2-7,18H,8H2,1H3. The summed E-state index contributed by atoms with van der Waals surface area (Å²) in [6.45, 7) is 0.641. The molecule has 0 saturated heterocycles. The number of hydrogen-bond donors (Lipinski definition) is 1. The first-order valence-electron chi connectivity index (χ1n) is 5.50. The fraction of sp³-hybridized carbons (Fsp3) is 0.143. The predicted octanol–water partition coefficient (Wildman–Crippen LogP) is 4.63. The summed E-state index contributed by atoms with van der Waals surface area (Å²) in [5, 5.41) is 3.71. The number of rotatable bonds is 3. The largest absolute Gasteiger partial charge is 0.316 e. The maximum atomic E-state index is 13.9. The molecule has 0 saturated carbocycles. The van der Waals surface area contributed by atoms with Crippen molar-refractivity contribution in [3.63, 3.8) is 0 Å². The van der Waals surface area contributed by atoms with Gasteiger partial charge in [0.05, 0.1) is 0 Å². The summed E-state index contributed by atoms with van der Waals surface area (Å²) in [5.74, 6) is -0.238. The highest BCUT2D eigenvalue weighted by Crippen LogP contribution is 2.30. The van der Waals surface area contributed by atoms with Crippen LogP contribution in [0.1, 0.15) is 5.56 Å². The third-order valence-electron chi connectivity index (χ3n) is 2.65. The molecule has 0 heterocycles. The summed E-state index contributed by atoms with van der Waals surface area (Å²) < 4.78 is 14.8. The molecule has 2 rings (SSSR count). The topological polar surface area (TPSA) is 12.0 Å². The fourth-order valence-corrected chi connectivity index (χ4v) is 2.42. The highest BCUT2D eigenvalue weighted by molar-refractivity contribution is 9.10. The van der Waals surface area contributed by atoms with Crippen LogP contribution in [0.2, 0.25) is 5.02 Å². The lowest BCUT2D eigenvalue weighted by atomic mass is 9.99. The van der Waals surface area contributed by atoms with Gasteiger partial charge in [-0.3, -0.25) is 0 Å². The van der Waals surface area contributed by atoms with Crippen molar-refractivity contribution in [3.05, 3.63) is 57.3 Å². The average Bonchev–Trinajstić information content (AvgIpc) is 2.33. The number of nitrogens with one attached hydrogen (secondary N) is 1. The molecule has 2 aromatic rings. The predicted molar refractivity (Wildman–Crippen MR) is 77.3 cm³/mol. The van der Waals surface area contributed by atoms with Crippen molar-refractivity contribution in [1.82, 2.24) is 5.32 Å². The van der Waals surface area contributed by atoms with Crippen LogP contribution >= 0.6 is 27.5 Å². The molecule has 18 heavy (non-hydrogen) atoms. The van der Waals surface area contributed by atoms with Gasteiger partial charge in [-0.05, 0) is 48.5 Å². The van der Waals surface area contributed by atoms with E-state index in [4.69, 9.17) is 11.6 Å². The Labute approximate surface area is 119 Å². The lowest BCUT2D eigenvalue weighted by Gasteiger charge is -2.11. The Hall–Kier alpha value is -0.900. The molecule has 0 aromatic heterocycles. The van der Waals surface area contributed by atoms with Crippen molar-refractivity contribution < 1.29 is 4.39 Å². The molecule has 1 nitrogen and oxygen atoms in total. The van der Waals surface area contributed by atoms with Crippen LogP contribution in [-0.4, -0.2) is 7.05 Å². The first kappa shape index (κ1) is 13.5. The third kappa shape index (κ3) is 2.91. The van der Waals surface area contributed by atoms with E-state index in [9.17, 15) is 4.39 Å². The third-order valence-corrected chi connectivity index (χ3v) is 3.38. The van der Waals surface area contributed by atoms with E-state index in [-0.39, 0.29) is 5.82 Å². The summed E-state index contributed by atoms with van der Waals surface area (Å²) >= 11 is 9.34. The highest BCUT2D eigenvalue weighted by Gasteiger charge is 2.10. The Kier molecular flexibility index (Phi) is 4.38. The molecule has 2 aromatic carbocycles. The van der Waals surface area contributed by atoms with E-state index < -0.39 is 0 Å². The minimum Gasteiger partial charge on any atom is -0.316 e. The zero-order valence-electron chi connectivity index (χ0n) is 9.81. The molecule has 4 heteroatoms. The molecule has 0 aliphatic heterocycles. The summed E-state index contributed by atoms with van der Waals surface area (Å²) in [4.78, 5) is 0. The van der Waals surface area contributed by atoms with Gasteiger partial charge < -0.3 is 5.32 Å². The monoisotopic (exact) mass is 327 g/mol. The minimum absolute atomic E-state index is 0.238. The lowest BCUT2D eigenvalue weighted by molar-refractivity contribution is 0.630. The van der Waals surface area contributed by atoms with Crippen molar-refractivity contribution in [3.8, 4) is 11.1 Å². The van der Waals surface area contributed by atoms with Crippen LogP contribution in [0.4, 0.5) is 4.39 Å². The summed E-state index contributed by atoms with van der Waals surface area (Å²) in [6, 6.07) is 10.4. The van der Waals surface area contributed by atoms with Gasteiger partial charge in [-0.1, -0.05) is 33.6 Å². The second-order valence-electron chi connectivity index (χ2n) is 3.96. The molecule has 0 atom stereocenters. The van der Waals surface area contributed by atoms with E-state index in [1.54, 1.807) is 18.2 Å². The lowest BCUT2D eigenvalue weighted by Crippen LogP contribution is -2.06. The number of benzene rings is 2. The Bertz CT molecular complexity index is 572. The smallest absolute Gasteiger partial charge is 0.131 e. The molecule has 0 bridgehead atoms. The summed E-state index contributed by atoms with van der Waals surface area (Å²) in [7, 11) is 1.85. The van der Waals surface area contributed by atoms with Crippen LogP contribution in [0, 0.1) is 5.82 Å². The van der Waals surface area contributed by atoms with Crippen molar-refractivity contribution >= 4 is 27.5 Å². The van der Waals surface area contributed by atoms with Crippen LogP contribution in [0.5, 0.6) is 0 Å². The van der Waals surface area contributed by atoms with E-state index in [1.807, 2.05) is 19.2 Å². The van der Waals surface area contributed by atoms with Gasteiger partial charge in [-0.15, -0.1) is 0 Å². The molecule has 0 aliphatic rings. The van der Waals surface area contributed by atoms with E-state index >= 15 is 0 Å². The maximum absolute atomic E-state index is 13.9. The molecule has 0 radical (unpaired) electrons. The Balaban J connectivity index is 2.58. The first-order chi connectivity index (χ1) is 8.61. The van der Waals surface area contributed by atoms with Crippen LogP contribution in [0.3, 0.4) is 0 Å². The van der Waals surface area contributed by atoms with E-state index in [0.717, 1.165) is 15.6 Å². The maximum Gasteiger partial charge on any atom is 0.131 e. The van der Waals surface area contributed by atoms with Crippen molar-refractivity contribution in [1.29, 1.82) is 0 Å². The quantitative estimate of drug-likeness (QED) is 0.866. The van der Waals surface area contributed by atoms with Gasteiger partial charge in [0.15, 0.2) is 0 Å². The highest BCUT2D eigenvalue weighted by atomic mass is 79.9. The zero-order valence-corrected chi connectivity index (χ0v) is 12.1. The molecule has 1 N–H and O–H groups in total. The normalized spacial score (nSPS) is 10.7. The zero-order chi connectivity index (χ0) is 13.1. The van der Waals surface area contributed by atoms with Gasteiger partial charge in [-0.2, -0.15) is 0 Å². The van der Waals surface area contributed by atoms with Gasteiger partial charge in [0.1, 0.15) is 5.82 Å². The Morgan fingerprint density at radius 3 is 2.67 bits per heavy atom. The van der Waals surface area contributed by atoms with Gasteiger partial charge in [0, 0.05) is 21.6 Å². The van der Waals surface area contributed by atoms with Crippen LogP contribution in [-0.2, 0) is 6.54 Å². The molecule has 0 aliphatic carbocycles. The van der Waals surface area contributed by atoms with Gasteiger partial charge >= 0.3 is 0 Å². The second kappa shape index (κ2) is 5.83. The Morgan fingerprint density at radius 2 is 1.94 bits per heavy atom. The van der Waals surface area contributed by atoms with E-state index in [1.165, 1.54) is 6.07 Å². The second-order valence-corrected chi connectivity index (χ2v) is 5.31. The molecule has 0 unspecified atom stereocenters. The summed E-state index contributed by atoms with van der Waals surface area (Å²) in [5.41, 5.74) is 2.40. The van der Waals surface area contributed by atoms with Gasteiger partial charge in [-0.25, -0.2) is 4.39 Å². The van der Waals surface area contributed by atoms with E-state index in [2.05, 4.69) is 21.2 Å². The van der Waals surface area contributed by atoms with Crippen molar-refractivity contribution in [2.45, 2.75) is 6.54 Å². The SMILES string of the molecule is CNCc1cc(Cl)ccc1-c1cc(Br)ccc1F. The molecular formula is C14H12BrClFN. The van der Waals surface area contributed by atoms with Crippen LogP contribution < -0.4 is 5.32 Å². The number of halogens is 3. The fourth-order valence-electron chi connectivity index (χ4n) is 1.87. The molecular weight excluding hydrogens is 317 g/mol. The van der Waals surface area contributed by atoms with Crippen LogP contribution in [0.25, 0.3) is 11.1 Å². The van der Waals surface area contributed by atoms with Gasteiger partial charge in [0.25, 0.3) is 0 Å².